The first-order valence-corrected chi connectivity index (χ1v) is 11.6. The van der Waals surface area contributed by atoms with Gasteiger partial charge in [-0.2, -0.15) is 0 Å². The van der Waals surface area contributed by atoms with Crippen molar-refractivity contribution in [3.63, 3.8) is 0 Å². The number of thiazole rings is 1. The highest BCUT2D eigenvalue weighted by molar-refractivity contribution is 7.14. The Morgan fingerprint density at radius 2 is 2.11 bits per heavy atom. The van der Waals surface area contributed by atoms with E-state index in [0.29, 0.717) is 22.6 Å². The normalized spacial score (nSPS) is 17.0. The molecule has 2 atom stereocenters. The van der Waals surface area contributed by atoms with Crippen molar-refractivity contribution in [1.29, 1.82) is 0 Å². The van der Waals surface area contributed by atoms with Gasteiger partial charge in [0.1, 0.15) is 12.1 Å². The topological polar surface area (TPSA) is 149 Å². The Morgan fingerprint density at radius 3 is 2.89 bits per heavy atom. The van der Waals surface area contributed by atoms with Crippen LogP contribution in [0.4, 0.5) is 9.93 Å². The lowest BCUT2D eigenvalue weighted by atomic mass is 10.0. The lowest BCUT2D eigenvalue weighted by Gasteiger charge is -2.24. The molecule has 1 unspecified atom stereocenters. The van der Waals surface area contributed by atoms with E-state index in [2.05, 4.69) is 25.3 Å². The number of esters is 1. The van der Waals surface area contributed by atoms with Crippen LogP contribution in [0.3, 0.4) is 0 Å². The monoisotopic (exact) mass is 509 g/mol. The second kappa shape index (κ2) is 9.62. The van der Waals surface area contributed by atoms with Gasteiger partial charge in [0.05, 0.1) is 7.11 Å². The molecule has 12 nitrogen and oxygen atoms in total. The molecular formula is C23H19N5O7S. The number of nitrogens with one attached hydrogen (secondary N) is 2. The molecule has 36 heavy (non-hydrogen) atoms. The number of nitrogens with zero attached hydrogens (tertiary/aromatic N) is 3. The molecule has 3 aromatic rings. The average molecular weight is 510 g/mol. The van der Waals surface area contributed by atoms with Gasteiger partial charge in [-0.15, -0.1) is 11.3 Å². The van der Waals surface area contributed by atoms with E-state index in [1.807, 2.05) is 0 Å². The molecule has 0 aliphatic carbocycles. The zero-order valence-electron chi connectivity index (χ0n) is 18.8. The fraction of sp³-hybridized carbons (Fsp3) is 0.217. The van der Waals surface area contributed by atoms with Gasteiger partial charge in [-0.25, -0.2) is 19.5 Å². The van der Waals surface area contributed by atoms with Crippen LogP contribution < -0.4 is 20.1 Å². The Bertz CT molecular complexity index is 1350. The Hall–Kier alpha value is -4.52. The van der Waals surface area contributed by atoms with E-state index in [0.717, 1.165) is 16.2 Å². The summed E-state index contributed by atoms with van der Waals surface area (Å²) in [5.74, 6) is -0.908. The number of imide groups is 1. The number of hydrogen-bond acceptors (Lipinski definition) is 10. The van der Waals surface area contributed by atoms with E-state index in [4.69, 9.17) is 9.47 Å². The lowest BCUT2D eigenvalue weighted by molar-refractivity contribution is -0.134. The Balaban J connectivity index is 1.42. The van der Waals surface area contributed by atoms with E-state index >= 15 is 0 Å². The molecule has 4 heterocycles. The van der Waals surface area contributed by atoms with Gasteiger partial charge < -0.3 is 24.8 Å². The number of carbonyl (C=O) groups is 4. The maximum absolute atomic E-state index is 13.4. The Morgan fingerprint density at radius 1 is 1.28 bits per heavy atom. The number of hydrogen-bond donors (Lipinski definition) is 2. The summed E-state index contributed by atoms with van der Waals surface area (Å²) in [7, 11) is 1.22. The number of ether oxygens (including phenoxy) is 3. The zero-order chi connectivity index (χ0) is 25.2. The maximum Gasteiger partial charge on any atom is 0.357 e. The van der Waals surface area contributed by atoms with Gasteiger partial charge in [-0.3, -0.25) is 14.6 Å². The van der Waals surface area contributed by atoms with E-state index < -0.39 is 35.9 Å². The van der Waals surface area contributed by atoms with Crippen LogP contribution in [-0.2, 0) is 20.7 Å². The predicted octanol–water partition coefficient (Wildman–Crippen LogP) is 1.90. The fourth-order valence-corrected chi connectivity index (χ4v) is 4.55. The van der Waals surface area contributed by atoms with Crippen molar-refractivity contribution >= 4 is 40.3 Å². The third-order valence-corrected chi connectivity index (χ3v) is 6.35. The minimum atomic E-state index is -1.22. The first kappa shape index (κ1) is 23.2. The minimum absolute atomic E-state index is 0.0158. The third kappa shape index (κ3) is 4.43. The van der Waals surface area contributed by atoms with Crippen molar-refractivity contribution in [2.45, 2.75) is 18.5 Å². The molecule has 2 N–H and O–H groups in total. The molecule has 0 bridgehead atoms. The van der Waals surface area contributed by atoms with Crippen LogP contribution in [0.1, 0.15) is 27.7 Å². The third-order valence-electron chi connectivity index (χ3n) is 5.60. The van der Waals surface area contributed by atoms with Gasteiger partial charge in [-0.1, -0.05) is 12.1 Å². The summed E-state index contributed by atoms with van der Waals surface area (Å²) in [6.07, 6.45) is 3.14. The summed E-state index contributed by atoms with van der Waals surface area (Å²) in [4.78, 5) is 60.5. The molecule has 1 saturated heterocycles. The van der Waals surface area contributed by atoms with Crippen molar-refractivity contribution in [3.05, 3.63) is 64.9 Å². The lowest BCUT2D eigenvalue weighted by Crippen LogP contribution is -2.49. The largest absolute Gasteiger partial charge is 0.464 e. The smallest absolute Gasteiger partial charge is 0.357 e. The number of fused-ring (bicyclic) bond motifs is 1. The van der Waals surface area contributed by atoms with E-state index in [-0.39, 0.29) is 24.0 Å². The second-order valence-corrected chi connectivity index (χ2v) is 8.66. The van der Waals surface area contributed by atoms with Gasteiger partial charge in [0.2, 0.25) is 12.7 Å². The van der Waals surface area contributed by atoms with Crippen molar-refractivity contribution < 1.29 is 33.4 Å². The van der Waals surface area contributed by atoms with Gasteiger partial charge in [0.15, 0.2) is 22.3 Å². The van der Waals surface area contributed by atoms with Crippen molar-refractivity contribution in [1.82, 2.24) is 20.2 Å². The number of amides is 4. The highest BCUT2D eigenvalue weighted by atomic mass is 32.1. The van der Waals surface area contributed by atoms with Gasteiger partial charge in [0, 0.05) is 24.2 Å². The average Bonchev–Trinajstić information content (AvgIpc) is 3.61. The van der Waals surface area contributed by atoms with Crippen LogP contribution in [0.15, 0.2) is 48.1 Å². The van der Waals surface area contributed by atoms with E-state index in [9.17, 15) is 19.2 Å². The Kier molecular flexibility index (Phi) is 6.21. The van der Waals surface area contributed by atoms with Crippen LogP contribution in [0.5, 0.6) is 11.5 Å². The second-order valence-electron chi connectivity index (χ2n) is 7.80. The fourth-order valence-electron chi connectivity index (χ4n) is 3.87. The van der Waals surface area contributed by atoms with Gasteiger partial charge in [0.25, 0.3) is 5.91 Å². The minimum Gasteiger partial charge on any atom is -0.464 e. The van der Waals surface area contributed by atoms with Crippen LogP contribution in [0.2, 0.25) is 0 Å². The molecule has 13 heteroatoms. The van der Waals surface area contributed by atoms with Crippen LogP contribution in [0, 0.1) is 0 Å². The van der Waals surface area contributed by atoms with Gasteiger partial charge in [-0.05, 0) is 29.3 Å². The quantitative estimate of drug-likeness (QED) is 0.360. The van der Waals surface area contributed by atoms with Crippen molar-refractivity contribution in [3.8, 4) is 11.5 Å². The molecule has 0 saturated carbocycles. The summed E-state index contributed by atoms with van der Waals surface area (Å²) < 4.78 is 15.3. The van der Waals surface area contributed by atoms with Crippen LogP contribution in [-0.4, -0.2) is 58.6 Å². The molecule has 0 spiro atoms. The maximum atomic E-state index is 13.4. The molecule has 5 rings (SSSR count). The standard InChI is InChI=1S/C23H19N5O7S/c1-33-21(31)14-10-36-22(25-14)27-19(29)15(7-12-3-2-6-24-9-12)28-20(30)18(26-23(28)32)13-4-5-16-17(8-13)35-11-34-16/h2-6,8-10,15,18H,7,11H2,1H3,(H,26,32)(H,25,27,29)/t15-,18?/m0/s1. The first-order chi connectivity index (χ1) is 17.4. The van der Waals surface area contributed by atoms with E-state index in [1.54, 1.807) is 42.7 Å². The van der Waals surface area contributed by atoms with Crippen LogP contribution in [0.25, 0.3) is 0 Å². The molecule has 1 aromatic carbocycles. The van der Waals surface area contributed by atoms with Crippen molar-refractivity contribution in [2.75, 3.05) is 19.2 Å². The molecule has 4 amide bonds. The summed E-state index contributed by atoms with van der Waals surface area (Å²) >= 11 is 1.01. The number of urea groups is 1. The number of methoxy groups -OCH3 is 1. The zero-order valence-corrected chi connectivity index (χ0v) is 19.6. The van der Waals surface area contributed by atoms with Crippen molar-refractivity contribution in [2.24, 2.45) is 0 Å². The highest BCUT2D eigenvalue weighted by Crippen LogP contribution is 2.36. The number of aromatic nitrogens is 2. The summed E-state index contributed by atoms with van der Waals surface area (Å²) in [6.45, 7) is 0.0672. The number of benzene rings is 1. The van der Waals surface area contributed by atoms with E-state index in [1.165, 1.54) is 12.5 Å². The number of carbonyl (C=O) groups excluding carboxylic acids is 4. The first-order valence-electron chi connectivity index (χ1n) is 10.7. The molecule has 0 radical (unpaired) electrons. The Labute approximate surface area is 208 Å². The predicted molar refractivity (Wildman–Crippen MR) is 124 cm³/mol. The highest BCUT2D eigenvalue weighted by Gasteiger charge is 2.45. The molecular weight excluding hydrogens is 490 g/mol. The number of pyridine rings is 1. The summed E-state index contributed by atoms with van der Waals surface area (Å²) in [6, 6.07) is 5.40. The summed E-state index contributed by atoms with van der Waals surface area (Å²) in [5.41, 5.74) is 1.15. The number of rotatable bonds is 7. The molecule has 2 aromatic heterocycles. The van der Waals surface area contributed by atoms with Crippen LogP contribution >= 0.6 is 11.3 Å². The molecule has 1 fully saturated rings. The van der Waals surface area contributed by atoms with Gasteiger partial charge >= 0.3 is 12.0 Å². The summed E-state index contributed by atoms with van der Waals surface area (Å²) in [5, 5.41) is 6.79. The molecule has 2 aliphatic heterocycles. The SMILES string of the molecule is COC(=O)c1csc(NC(=O)[C@H](Cc2cccnc2)N2C(=O)NC(c3ccc4c(c3)OCO4)C2=O)n1. The number of anilines is 1. The molecule has 2 aliphatic rings. The molecule has 184 valence electrons.